The highest BCUT2D eigenvalue weighted by Gasteiger charge is 2.10. The van der Waals surface area contributed by atoms with Gasteiger partial charge in [-0.1, -0.05) is 30.3 Å². The lowest BCUT2D eigenvalue weighted by Crippen LogP contribution is -2.33. The van der Waals surface area contributed by atoms with E-state index in [2.05, 4.69) is 22.4 Å². The number of aromatic amines is 1. The predicted octanol–water partition coefficient (Wildman–Crippen LogP) is 3.74. The summed E-state index contributed by atoms with van der Waals surface area (Å²) in [6.45, 7) is 1.77. The third kappa shape index (κ3) is 4.67. The number of nitrogens with one attached hydrogen (secondary N) is 2. The van der Waals surface area contributed by atoms with Crippen molar-refractivity contribution in [1.29, 1.82) is 0 Å². The van der Waals surface area contributed by atoms with E-state index in [1.54, 1.807) is 7.11 Å². The Morgan fingerprint density at radius 2 is 1.67 bits per heavy atom. The van der Waals surface area contributed by atoms with Crippen molar-refractivity contribution < 1.29 is 19.3 Å². The molecular weight excluding hydrogens is 380 g/mol. The number of aromatic nitrogens is 1. The highest BCUT2D eigenvalue weighted by molar-refractivity contribution is 6.09. The highest BCUT2D eigenvalue weighted by atomic mass is 16.5. The summed E-state index contributed by atoms with van der Waals surface area (Å²) in [6.07, 6.45) is -0.620. The van der Waals surface area contributed by atoms with Gasteiger partial charge in [0.25, 0.3) is 0 Å². The molecule has 0 spiro atoms. The number of rotatable bonds is 10. The summed E-state index contributed by atoms with van der Waals surface area (Å²) in [5.74, 6) is 2.32. The molecule has 0 bridgehead atoms. The van der Waals surface area contributed by atoms with Gasteiger partial charge in [0.2, 0.25) is 0 Å². The zero-order chi connectivity index (χ0) is 20.8. The van der Waals surface area contributed by atoms with E-state index in [4.69, 9.17) is 14.2 Å². The predicted molar refractivity (Wildman–Crippen MR) is 119 cm³/mol. The molecule has 0 amide bonds. The molecular formula is C24H26N2O4. The third-order valence-electron chi connectivity index (χ3n) is 4.92. The molecule has 0 fully saturated rings. The minimum Gasteiger partial charge on any atom is -0.497 e. The summed E-state index contributed by atoms with van der Waals surface area (Å²) in [6, 6.07) is 21.6. The van der Waals surface area contributed by atoms with E-state index in [0.29, 0.717) is 19.7 Å². The first-order valence-corrected chi connectivity index (χ1v) is 10.0. The van der Waals surface area contributed by atoms with Crippen molar-refractivity contribution in [3.63, 3.8) is 0 Å². The molecule has 4 aromatic rings. The van der Waals surface area contributed by atoms with Gasteiger partial charge < -0.3 is 29.6 Å². The molecule has 1 atom stereocenters. The number of hydrogen-bond acceptors (Lipinski definition) is 5. The second-order valence-electron chi connectivity index (χ2n) is 7.04. The van der Waals surface area contributed by atoms with E-state index in [1.807, 2.05) is 54.6 Å². The third-order valence-corrected chi connectivity index (χ3v) is 4.92. The minimum absolute atomic E-state index is 0.209. The standard InChI is InChI=1S/C24H26N2O4/c1-28-18-9-11-19(12-10-18)29-14-13-25-15-17(27)16-30-23-8-4-6-21-20-5-2-3-7-22(20)26-24(21)23/h2-12,17,25-27H,13-16H2,1H3. The molecule has 156 valence electrons. The van der Waals surface area contributed by atoms with Gasteiger partial charge in [-0.2, -0.15) is 0 Å². The first-order valence-electron chi connectivity index (χ1n) is 10.0. The average Bonchev–Trinajstić information content (AvgIpc) is 3.17. The maximum atomic E-state index is 10.2. The zero-order valence-electron chi connectivity index (χ0n) is 16.9. The summed E-state index contributed by atoms with van der Waals surface area (Å²) in [7, 11) is 1.63. The van der Waals surface area contributed by atoms with Crippen molar-refractivity contribution in [1.82, 2.24) is 10.3 Å². The first kappa shape index (κ1) is 20.1. The minimum atomic E-state index is -0.620. The molecule has 6 heteroatoms. The van der Waals surface area contributed by atoms with Crippen LogP contribution in [0.3, 0.4) is 0 Å². The molecule has 4 rings (SSSR count). The van der Waals surface area contributed by atoms with Crippen LogP contribution in [0.25, 0.3) is 21.8 Å². The van der Waals surface area contributed by atoms with Crippen LogP contribution in [0.4, 0.5) is 0 Å². The van der Waals surface area contributed by atoms with Crippen molar-refractivity contribution in [2.24, 2.45) is 0 Å². The van der Waals surface area contributed by atoms with Gasteiger partial charge in [0, 0.05) is 29.4 Å². The van der Waals surface area contributed by atoms with Crippen molar-refractivity contribution in [2.75, 3.05) is 33.4 Å². The Kier molecular flexibility index (Phi) is 6.37. The van der Waals surface area contributed by atoms with Gasteiger partial charge in [-0.3, -0.25) is 0 Å². The number of hydrogen-bond donors (Lipinski definition) is 3. The second-order valence-corrected chi connectivity index (χ2v) is 7.04. The number of aliphatic hydroxyl groups is 1. The number of H-pyrrole nitrogens is 1. The number of ether oxygens (including phenoxy) is 3. The van der Waals surface area contributed by atoms with Crippen LogP contribution >= 0.6 is 0 Å². The van der Waals surface area contributed by atoms with E-state index < -0.39 is 6.10 Å². The molecule has 3 aromatic carbocycles. The lowest BCUT2D eigenvalue weighted by molar-refractivity contribution is 0.106. The Hall–Kier alpha value is -3.22. The van der Waals surface area contributed by atoms with Crippen LogP contribution in [0.2, 0.25) is 0 Å². The molecule has 0 aliphatic heterocycles. The summed E-state index contributed by atoms with van der Waals surface area (Å²) >= 11 is 0. The fourth-order valence-electron chi connectivity index (χ4n) is 3.39. The molecule has 1 unspecified atom stereocenters. The molecule has 0 aliphatic rings. The van der Waals surface area contributed by atoms with Crippen LogP contribution in [0.1, 0.15) is 0 Å². The Morgan fingerprint density at radius 1 is 0.900 bits per heavy atom. The van der Waals surface area contributed by atoms with Gasteiger partial charge in [-0.25, -0.2) is 0 Å². The molecule has 0 saturated heterocycles. The Bertz CT molecular complexity index is 1090. The van der Waals surface area contributed by atoms with E-state index in [0.717, 1.165) is 39.1 Å². The summed E-state index contributed by atoms with van der Waals surface area (Å²) in [5.41, 5.74) is 2.02. The van der Waals surface area contributed by atoms with Gasteiger partial charge >= 0.3 is 0 Å². The Morgan fingerprint density at radius 3 is 2.50 bits per heavy atom. The normalized spacial score (nSPS) is 12.2. The van der Waals surface area contributed by atoms with Crippen molar-refractivity contribution in [3.8, 4) is 17.2 Å². The van der Waals surface area contributed by atoms with Gasteiger partial charge in [0.1, 0.15) is 36.6 Å². The van der Waals surface area contributed by atoms with Crippen LogP contribution < -0.4 is 19.5 Å². The lowest BCUT2D eigenvalue weighted by Gasteiger charge is -2.14. The number of methoxy groups -OCH3 is 1. The van der Waals surface area contributed by atoms with E-state index >= 15 is 0 Å². The first-order chi connectivity index (χ1) is 14.7. The fourth-order valence-corrected chi connectivity index (χ4v) is 3.39. The van der Waals surface area contributed by atoms with Crippen molar-refractivity contribution in [3.05, 3.63) is 66.7 Å². The van der Waals surface area contributed by atoms with Crippen LogP contribution in [-0.4, -0.2) is 49.6 Å². The number of fused-ring (bicyclic) bond motifs is 3. The smallest absolute Gasteiger partial charge is 0.143 e. The zero-order valence-corrected chi connectivity index (χ0v) is 16.9. The summed E-state index contributed by atoms with van der Waals surface area (Å²) in [5, 5.41) is 15.7. The monoisotopic (exact) mass is 406 g/mol. The van der Waals surface area contributed by atoms with Crippen LogP contribution in [0.15, 0.2) is 66.7 Å². The highest BCUT2D eigenvalue weighted by Crippen LogP contribution is 2.31. The molecule has 0 saturated carbocycles. The lowest BCUT2D eigenvalue weighted by atomic mass is 10.1. The van der Waals surface area contributed by atoms with Crippen molar-refractivity contribution >= 4 is 21.8 Å². The number of aliphatic hydroxyl groups excluding tert-OH is 1. The summed E-state index contributed by atoms with van der Waals surface area (Å²) in [4.78, 5) is 3.41. The average molecular weight is 406 g/mol. The SMILES string of the molecule is COc1ccc(OCCNCC(O)COc2cccc3c2[nH]c2ccccc23)cc1. The van der Waals surface area contributed by atoms with Crippen LogP contribution in [-0.2, 0) is 0 Å². The quantitative estimate of drug-likeness (QED) is 0.350. The Labute approximate surface area is 175 Å². The van der Waals surface area contributed by atoms with Gasteiger partial charge in [-0.05, 0) is 36.4 Å². The molecule has 30 heavy (non-hydrogen) atoms. The van der Waals surface area contributed by atoms with Gasteiger partial charge in [-0.15, -0.1) is 0 Å². The van der Waals surface area contributed by atoms with E-state index in [9.17, 15) is 5.11 Å². The molecule has 1 aromatic heterocycles. The van der Waals surface area contributed by atoms with Gasteiger partial charge in [0.05, 0.1) is 12.6 Å². The van der Waals surface area contributed by atoms with E-state index in [-0.39, 0.29) is 6.61 Å². The maximum absolute atomic E-state index is 10.2. The van der Waals surface area contributed by atoms with Gasteiger partial charge in [0.15, 0.2) is 0 Å². The van der Waals surface area contributed by atoms with Crippen molar-refractivity contribution in [2.45, 2.75) is 6.10 Å². The molecule has 1 heterocycles. The number of para-hydroxylation sites is 2. The van der Waals surface area contributed by atoms with Crippen LogP contribution in [0, 0.1) is 0 Å². The fraction of sp³-hybridized carbons (Fsp3) is 0.250. The largest absolute Gasteiger partial charge is 0.497 e. The number of benzene rings is 3. The van der Waals surface area contributed by atoms with Crippen LogP contribution in [0.5, 0.6) is 17.2 Å². The molecule has 6 nitrogen and oxygen atoms in total. The second kappa shape index (κ2) is 9.52. The maximum Gasteiger partial charge on any atom is 0.143 e. The topological polar surface area (TPSA) is 75.7 Å². The van der Waals surface area contributed by atoms with E-state index in [1.165, 1.54) is 0 Å². The molecule has 0 aliphatic carbocycles. The Balaban J connectivity index is 1.22. The molecule has 3 N–H and O–H groups in total. The summed E-state index contributed by atoms with van der Waals surface area (Å²) < 4.78 is 16.7. The molecule has 0 radical (unpaired) electrons.